The Kier molecular flexibility index (Phi) is 13.1. The average Bonchev–Trinajstić information content (AvgIpc) is 3.35. The van der Waals surface area contributed by atoms with Crippen LogP contribution in [0.1, 0.15) is 81.6 Å². The Hall–Kier alpha value is -2.43. The molecule has 0 aliphatic carbocycles. The lowest BCUT2D eigenvalue weighted by Gasteiger charge is -2.33. The summed E-state index contributed by atoms with van der Waals surface area (Å²) in [6, 6.07) is 7.30. The molecule has 0 aliphatic heterocycles. The summed E-state index contributed by atoms with van der Waals surface area (Å²) in [7, 11) is 1.97. The average molecular weight is 604 g/mol. The van der Waals surface area contributed by atoms with E-state index in [2.05, 4.69) is 53.8 Å². The predicted molar refractivity (Wildman–Crippen MR) is 171 cm³/mol. The van der Waals surface area contributed by atoms with E-state index in [1.807, 2.05) is 65.9 Å². The molecule has 10 heteroatoms. The quantitative estimate of drug-likeness (QED) is 0.167. The van der Waals surface area contributed by atoms with Crippen molar-refractivity contribution in [2.24, 2.45) is 21.7 Å². The molecule has 0 aliphatic rings. The lowest BCUT2D eigenvalue weighted by Crippen LogP contribution is -2.44. The highest BCUT2D eigenvalue weighted by Gasteiger charge is 2.39. The highest BCUT2D eigenvalue weighted by molar-refractivity contribution is 7.99. The third kappa shape index (κ3) is 11.7. The van der Waals surface area contributed by atoms with Gasteiger partial charge in [-0.3, -0.25) is 9.59 Å². The predicted octanol–water partition coefficient (Wildman–Crippen LogP) is 6.41. The summed E-state index contributed by atoms with van der Waals surface area (Å²) in [5, 5.41) is 17.9. The molecule has 2 rings (SSSR count). The molecule has 0 atom stereocenters. The molecule has 0 saturated heterocycles. The molecule has 9 nitrogen and oxygen atoms in total. The highest BCUT2D eigenvalue weighted by atomic mass is 32.2. The second-order valence-corrected chi connectivity index (χ2v) is 15.2. The van der Waals surface area contributed by atoms with Gasteiger partial charge in [-0.25, -0.2) is 0 Å². The summed E-state index contributed by atoms with van der Waals surface area (Å²) in [5.41, 5.74) is -0.00118. The molecule has 0 radical (unpaired) electrons. The molecule has 3 N–H and O–H groups in total. The van der Waals surface area contributed by atoms with Crippen LogP contribution in [0, 0.1) is 21.7 Å². The maximum atomic E-state index is 13.2. The Labute approximate surface area is 257 Å². The monoisotopic (exact) mass is 603 g/mol. The molecule has 0 spiro atoms. The molecule has 0 bridgehead atoms. The second kappa shape index (κ2) is 15.3. The number of aromatic nitrogens is 2. The number of hydrogen-bond donors (Lipinski definition) is 3. The lowest BCUT2D eigenvalue weighted by molar-refractivity contribution is -0.133. The van der Waals surface area contributed by atoms with E-state index in [4.69, 9.17) is 9.15 Å². The Morgan fingerprint density at radius 2 is 1.43 bits per heavy atom. The molecule has 42 heavy (non-hydrogen) atoms. The van der Waals surface area contributed by atoms with Gasteiger partial charge >= 0.3 is 0 Å². The minimum Gasteiger partial charge on any atom is -0.411 e. The smallest absolute Gasteiger partial charge is 0.276 e. The zero-order valence-electron chi connectivity index (χ0n) is 27.4. The summed E-state index contributed by atoms with van der Waals surface area (Å²) in [4.78, 5) is 26.4. The van der Waals surface area contributed by atoms with Gasteiger partial charge in [-0.1, -0.05) is 74.1 Å². The first-order valence-corrected chi connectivity index (χ1v) is 15.9. The number of ether oxygens (including phenoxy) is 1. The van der Waals surface area contributed by atoms with Crippen LogP contribution in [0.15, 0.2) is 33.9 Å². The van der Waals surface area contributed by atoms with Gasteiger partial charge in [0, 0.05) is 28.6 Å². The van der Waals surface area contributed by atoms with Crippen molar-refractivity contribution in [2.75, 3.05) is 44.4 Å². The van der Waals surface area contributed by atoms with E-state index in [1.54, 1.807) is 0 Å². The lowest BCUT2D eigenvalue weighted by atomic mass is 9.74. The number of carbonyl (C=O) groups is 2. The van der Waals surface area contributed by atoms with Crippen molar-refractivity contribution in [1.29, 1.82) is 0 Å². The van der Waals surface area contributed by atoms with E-state index in [-0.39, 0.29) is 22.6 Å². The molecular weight excluding hydrogens is 550 g/mol. The van der Waals surface area contributed by atoms with Crippen LogP contribution in [0.5, 0.6) is 0 Å². The first-order chi connectivity index (χ1) is 19.5. The summed E-state index contributed by atoms with van der Waals surface area (Å²) in [5.74, 6) is 1.09. The van der Waals surface area contributed by atoms with Gasteiger partial charge in [0.1, 0.15) is 0 Å². The Balaban J connectivity index is 1.85. The highest BCUT2D eigenvalue weighted by Crippen LogP contribution is 2.35. The first-order valence-electron chi connectivity index (χ1n) is 14.9. The number of thioether (sulfide) groups is 1. The second-order valence-electron chi connectivity index (χ2n) is 14.0. The van der Waals surface area contributed by atoms with Crippen molar-refractivity contribution in [2.45, 2.75) is 86.8 Å². The molecule has 1 heterocycles. The van der Waals surface area contributed by atoms with E-state index in [0.29, 0.717) is 43.0 Å². The van der Waals surface area contributed by atoms with Gasteiger partial charge in [-0.2, -0.15) is 0 Å². The van der Waals surface area contributed by atoms with Gasteiger partial charge in [0.05, 0.1) is 13.2 Å². The van der Waals surface area contributed by atoms with Gasteiger partial charge in [-0.05, 0) is 73.7 Å². The molecule has 0 unspecified atom stereocenters. The number of hydrogen-bond acceptors (Lipinski definition) is 8. The van der Waals surface area contributed by atoms with Crippen molar-refractivity contribution in [3.8, 4) is 11.5 Å². The van der Waals surface area contributed by atoms with Gasteiger partial charge < -0.3 is 25.1 Å². The van der Waals surface area contributed by atoms with Crippen LogP contribution in [0.4, 0.5) is 5.69 Å². The fourth-order valence-electron chi connectivity index (χ4n) is 4.74. The van der Waals surface area contributed by atoms with Gasteiger partial charge in [0.15, 0.2) is 0 Å². The fraction of sp³-hybridized carbons (Fsp3) is 0.688. The van der Waals surface area contributed by atoms with Crippen LogP contribution in [0.2, 0.25) is 0 Å². The summed E-state index contributed by atoms with van der Waals surface area (Å²) in [6.45, 7) is 21.2. The fourth-order valence-corrected chi connectivity index (χ4v) is 5.22. The van der Waals surface area contributed by atoms with Crippen LogP contribution < -0.4 is 16.0 Å². The molecule has 236 valence electrons. The largest absolute Gasteiger partial charge is 0.411 e. The Morgan fingerprint density at radius 3 is 2.00 bits per heavy atom. The number of nitrogens with one attached hydrogen (secondary N) is 3. The first kappa shape index (κ1) is 35.8. The van der Waals surface area contributed by atoms with Gasteiger partial charge in [0.25, 0.3) is 5.22 Å². The number of carbonyl (C=O) groups excluding carboxylic acids is 2. The molecule has 2 amide bonds. The van der Waals surface area contributed by atoms with E-state index in [0.717, 1.165) is 30.7 Å². The van der Waals surface area contributed by atoms with Crippen LogP contribution >= 0.6 is 11.8 Å². The molecule has 0 fully saturated rings. The summed E-state index contributed by atoms with van der Waals surface area (Å²) < 4.78 is 11.7. The van der Waals surface area contributed by atoms with E-state index in [9.17, 15) is 9.59 Å². The number of nitrogens with zero attached hydrogens (tertiary/aromatic N) is 2. The Morgan fingerprint density at radius 1 is 0.857 bits per heavy atom. The van der Waals surface area contributed by atoms with E-state index in [1.165, 1.54) is 11.8 Å². The number of anilines is 1. The van der Waals surface area contributed by atoms with Crippen LogP contribution in [-0.4, -0.2) is 61.1 Å². The zero-order chi connectivity index (χ0) is 31.6. The van der Waals surface area contributed by atoms with Crippen molar-refractivity contribution >= 4 is 29.3 Å². The zero-order valence-corrected chi connectivity index (χ0v) is 28.2. The van der Waals surface area contributed by atoms with Crippen molar-refractivity contribution < 1.29 is 18.7 Å². The normalized spacial score (nSPS) is 12.8. The van der Waals surface area contributed by atoms with E-state index < -0.39 is 10.8 Å². The van der Waals surface area contributed by atoms with Gasteiger partial charge in [-0.15, -0.1) is 10.2 Å². The minimum absolute atomic E-state index is 0.0576. The molecule has 0 saturated carbocycles. The van der Waals surface area contributed by atoms with Crippen molar-refractivity contribution in [1.82, 2.24) is 20.8 Å². The van der Waals surface area contributed by atoms with Crippen LogP contribution in [0.25, 0.3) is 11.5 Å². The van der Waals surface area contributed by atoms with Gasteiger partial charge in [0.2, 0.25) is 17.7 Å². The standard InChI is InChI=1S/C32H53N5O4S/c1-11-42-28-37-36-25(41-28)23-12-14-24(15-13-23)35-27(39)32(8,9)20-31(6,7)26(38)34-19-17-30(4,5)22-40-21-29(2,3)16-18-33-10/h12-15,33H,11,16-22H2,1-10H3,(H,34,38)(H,35,39). The SMILES string of the molecule is CCSc1nnc(-c2ccc(NC(=O)C(C)(C)CC(C)(C)C(=O)NCCC(C)(C)COCC(C)(C)CCNC)cc2)o1. The number of rotatable bonds is 18. The molecule has 1 aromatic heterocycles. The van der Waals surface area contributed by atoms with Crippen LogP contribution in [0.3, 0.4) is 0 Å². The summed E-state index contributed by atoms with van der Waals surface area (Å²) in [6.07, 6.45) is 2.24. The maximum absolute atomic E-state index is 13.2. The van der Waals surface area contributed by atoms with E-state index >= 15 is 0 Å². The summed E-state index contributed by atoms with van der Waals surface area (Å²) >= 11 is 1.49. The van der Waals surface area contributed by atoms with Crippen molar-refractivity contribution in [3.63, 3.8) is 0 Å². The number of benzene rings is 1. The molecule has 1 aromatic carbocycles. The number of amides is 2. The third-order valence-corrected chi connectivity index (χ3v) is 8.00. The minimum atomic E-state index is -0.772. The van der Waals surface area contributed by atoms with Crippen LogP contribution in [-0.2, 0) is 14.3 Å². The Bertz CT molecular complexity index is 1140. The molecular formula is C32H53N5O4S. The third-order valence-electron chi connectivity index (χ3n) is 7.30. The molecule has 2 aromatic rings. The van der Waals surface area contributed by atoms with Crippen molar-refractivity contribution in [3.05, 3.63) is 24.3 Å². The maximum Gasteiger partial charge on any atom is 0.276 e. The topological polar surface area (TPSA) is 118 Å².